The van der Waals surface area contributed by atoms with Crippen LogP contribution < -0.4 is 0 Å². The zero-order valence-corrected chi connectivity index (χ0v) is 11.9. The van der Waals surface area contributed by atoms with Gasteiger partial charge in [-0.2, -0.15) is 18.3 Å². The van der Waals surface area contributed by atoms with Crippen molar-refractivity contribution in [3.8, 4) is 0 Å². The van der Waals surface area contributed by atoms with Crippen LogP contribution in [0.1, 0.15) is 28.8 Å². The number of carbonyl (C=O) groups excluding carboxylic acids is 1. The first-order valence-electron chi connectivity index (χ1n) is 5.96. The van der Waals surface area contributed by atoms with E-state index in [1.54, 1.807) is 7.05 Å². The van der Waals surface area contributed by atoms with Gasteiger partial charge in [0.2, 0.25) is 0 Å². The van der Waals surface area contributed by atoms with Crippen LogP contribution >= 0.6 is 11.6 Å². The lowest BCUT2D eigenvalue weighted by Crippen LogP contribution is -2.23. The van der Waals surface area contributed by atoms with Gasteiger partial charge in [0.05, 0.1) is 29.2 Å². The van der Waals surface area contributed by atoms with E-state index < -0.39 is 17.7 Å². The lowest BCUT2D eigenvalue weighted by molar-refractivity contribution is -0.0888. The van der Waals surface area contributed by atoms with E-state index in [0.717, 1.165) is 10.9 Å². The second kappa shape index (κ2) is 5.47. The van der Waals surface area contributed by atoms with Gasteiger partial charge in [0.1, 0.15) is 0 Å². The number of aromatic nitrogens is 5. The maximum Gasteiger partial charge on any atom is 0.456 e. The average molecular weight is 322 g/mol. The quantitative estimate of drug-likeness (QED) is 0.808. The highest BCUT2D eigenvalue weighted by Gasteiger charge is 2.41. The van der Waals surface area contributed by atoms with Gasteiger partial charge in [-0.05, 0) is 6.42 Å². The van der Waals surface area contributed by atoms with Crippen LogP contribution in [0.25, 0.3) is 0 Å². The molecule has 0 aliphatic carbocycles. The maximum absolute atomic E-state index is 12.3. The van der Waals surface area contributed by atoms with E-state index in [4.69, 9.17) is 11.6 Å². The Kier molecular flexibility index (Phi) is 4.04. The Morgan fingerprint density at radius 2 is 2.10 bits per heavy atom. The normalized spacial score (nSPS) is 11.9. The number of rotatable bonds is 4. The minimum Gasteiger partial charge on any atom is -0.282 e. The van der Waals surface area contributed by atoms with Gasteiger partial charge in [0.15, 0.2) is 5.69 Å². The summed E-state index contributed by atoms with van der Waals surface area (Å²) in [6.07, 6.45) is -3.41. The molecule has 10 heteroatoms. The van der Waals surface area contributed by atoms with Crippen LogP contribution in [0.15, 0.2) is 6.20 Å². The highest BCUT2D eigenvalue weighted by Crippen LogP contribution is 2.22. The van der Waals surface area contributed by atoms with Gasteiger partial charge < -0.3 is 0 Å². The summed E-state index contributed by atoms with van der Waals surface area (Å²) in [4.78, 5) is 11.0. The van der Waals surface area contributed by atoms with E-state index >= 15 is 0 Å². The Hall–Kier alpha value is -1.90. The molecular weight excluding hydrogens is 311 g/mol. The predicted molar refractivity (Wildman–Crippen MR) is 67.1 cm³/mol. The van der Waals surface area contributed by atoms with Gasteiger partial charge >= 0.3 is 6.18 Å². The number of hydrogen-bond donors (Lipinski definition) is 0. The van der Waals surface area contributed by atoms with E-state index in [2.05, 4.69) is 15.4 Å². The van der Waals surface area contributed by atoms with Crippen molar-refractivity contribution in [2.75, 3.05) is 0 Å². The van der Waals surface area contributed by atoms with Crippen LogP contribution in [0.5, 0.6) is 0 Å². The molecule has 2 aromatic rings. The third-order valence-electron chi connectivity index (χ3n) is 2.84. The first kappa shape index (κ1) is 15.5. The van der Waals surface area contributed by atoms with Gasteiger partial charge in [-0.25, -0.2) is 4.68 Å². The van der Waals surface area contributed by atoms with Crippen molar-refractivity contribution in [3.05, 3.63) is 28.3 Å². The average Bonchev–Trinajstić information content (AvgIpc) is 2.96. The predicted octanol–water partition coefficient (Wildman–Crippen LogP) is 2.02. The monoisotopic (exact) mass is 321 g/mol. The SMILES string of the molecule is CCc1nn(C)c(Cn2cc(C(=O)C(F)(F)F)nn2)c1Cl. The van der Waals surface area contributed by atoms with Gasteiger partial charge in [-0.3, -0.25) is 9.48 Å². The van der Waals surface area contributed by atoms with E-state index in [1.807, 2.05) is 6.92 Å². The van der Waals surface area contributed by atoms with Crippen molar-refractivity contribution in [3.63, 3.8) is 0 Å². The fraction of sp³-hybridized carbons (Fsp3) is 0.455. The molecule has 0 bridgehead atoms. The molecule has 0 aliphatic rings. The van der Waals surface area contributed by atoms with Gasteiger partial charge in [-0.1, -0.05) is 23.7 Å². The second-order valence-corrected chi connectivity index (χ2v) is 4.69. The molecule has 0 atom stereocenters. The summed E-state index contributed by atoms with van der Waals surface area (Å²) in [5.41, 5.74) is 0.502. The molecule has 114 valence electrons. The first-order chi connectivity index (χ1) is 9.74. The van der Waals surface area contributed by atoms with Crippen LogP contribution in [-0.2, 0) is 20.0 Å². The molecule has 2 heterocycles. The molecular formula is C11H11ClF3N5O. The van der Waals surface area contributed by atoms with E-state index in [9.17, 15) is 18.0 Å². The molecule has 0 aromatic carbocycles. The third kappa shape index (κ3) is 3.07. The van der Waals surface area contributed by atoms with Crippen molar-refractivity contribution in [1.82, 2.24) is 24.8 Å². The zero-order chi connectivity index (χ0) is 15.8. The van der Waals surface area contributed by atoms with Crippen LogP contribution in [0.2, 0.25) is 5.02 Å². The van der Waals surface area contributed by atoms with Crippen LogP contribution in [0.4, 0.5) is 13.2 Å². The molecule has 0 fully saturated rings. The largest absolute Gasteiger partial charge is 0.456 e. The number of carbonyl (C=O) groups is 1. The smallest absolute Gasteiger partial charge is 0.282 e. The minimum absolute atomic E-state index is 0.0699. The number of halogens is 4. The van der Waals surface area contributed by atoms with Crippen molar-refractivity contribution in [1.29, 1.82) is 0 Å². The molecule has 0 amide bonds. The van der Waals surface area contributed by atoms with Gasteiger partial charge in [-0.15, -0.1) is 5.10 Å². The summed E-state index contributed by atoms with van der Waals surface area (Å²) in [5.74, 6) is -2.03. The number of aryl methyl sites for hydroxylation is 2. The highest BCUT2D eigenvalue weighted by atomic mass is 35.5. The summed E-state index contributed by atoms with van der Waals surface area (Å²) in [6, 6.07) is 0. The van der Waals surface area contributed by atoms with E-state index in [0.29, 0.717) is 22.8 Å². The number of nitrogens with zero attached hydrogens (tertiary/aromatic N) is 5. The summed E-state index contributed by atoms with van der Waals surface area (Å²) in [5, 5.41) is 11.4. The number of ketones is 1. The second-order valence-electron chi connectivity index (χ2n) is 4.31. The Labute approximate surface area is 122 Å². The van der Waals surface area contributed by atoms with Crippen molar-refractivity contribution in [2.45, 2.75) is 26.1 Å². The zero-order valence-electron chi connectivity index (χ0n) is 11.1. The summed E-state index contributed by atoms with van der Waals surface area (Å²) < 4.78 is 39.5. The lowest BCUT2D eigenvalue weighted by atomic mass is 10.3. The summed E-state index contributed by atoms with van der Waals surface area (Å²) in [7, 11) is 1.67. The Balaban J connectivity index is 2.24. The van der Waals surface area contributed by atoms with Crippen LogP contribution in [-0.4, -0.2) is 36.7 Å². The van der Waals surface area contributed by atoms with E-state index in [-0.39, 0.29) is 6.54 Å². The van der Waals surface area contributed by atoms with Crippen molar-refractivity contribution >= 4 is 17.4 Å². The molecule has 0 spiro atoms. The minimum atomic E-state index is -4.97. The molecule has 0 radical (unpaired) electrons. The Bertz CT molecular complexity index is 676. The topological polar surface area (TPSA) is 65.6 Å². The fourth-order valence-electron chi connectivity index (χ4n) is 1.77. The Morgan fingerprint density at radius 3 is 2.62 bits per heavy atom. The number of Topliss-reactive ketones (excluding diaryl/α,β-unsaturated/α-hetero) is 1. The third-order valence-corrected chi connectivity index (χ3v) is 3.28. The van der Waals surface area contributed by atoms with Crippen molar-refractivity contribution < 1.29 is 18.0 Å². The molecule has 0 unspecified atom stereocenters. The first-order valence-corrected chi connectivity index (χ1v) is 6.33. The molecule has 2 rings (SSSR count). The van der Waals surface area contributed by atoms with Crippen LogP contribution in [0, 0.1) is 0 Å². The molecule has 6 nitrogen and oxygen atoms in total. The molecule has 0 N–H and O–H groups in total. The maximum atomic E-state index is 12.3. The highest BCUT2D eigenvalue weighted by molar-refractivity contribution is 6.31. The standard InChI is InChI=1S/C11H11ClF3N5O/c1-3-6-9(12)8(19(2)17-6)5-20-4-7(16-18-20)10(21)11(13,14)15/h4H,3,5H2,1-2H3. The summed E-state index contributed by atoms with van der Waals surface area (Å²) in [6.45, 7) is 1.95. The van der Waals surface area contributed by atoms with Crippen LogP contribution in [0.3, 0.4) is 0 Å². The molecule has 0 saturated heterocycles. The number of alkyl halides is 3. The fourth-order valence-corrected chi connectivity index (χ4v) is 2.12. The van der Waals surface area contributed by atoms with Gasteiger partial charge in [0, 0.05) is 7.05 Å². The molecule has 21 heavy (non-hydrogen) atoms. The van der Waals surface area contributed by atoms with Gasteiger partial charge in [0.25, 0.3) is 5.78 Å². The molecule has 2 aromatic heterocycles. The molecule has 0 saturated carbocycles. The Morgan fingerprint density at radius 1 is 1.43 bits per heavy atom. The van der Waals surface area contributed by atoms with Crippen molar-refractivity contribution in [2.24, 2.45) is 7.05 Å². The van der Waals surface area contributed by atoms with E-state index in [1.165, 1.54) is 4.68 Å². The number of hydrogen-bond acceptors (Lipinski definition) is 4. The lowest BCUT2D eigenvalue weighted by Gasteiger charge is -2.02. The molecule has 0 aliphatic heterocycles. The summed E-state index contributed by atoms with van der Waals surface area (Å²) >= 11 is 6.13.